The van der Waals surface area contributed by atoms with Crippen LogP contribution in [-0.2, 0) is 11.3 Å². The van der Waals surface area contributed by atoms with Crippen LogP contribution < -0.4 is 9.80 Å². The van der Waals surface area contributed by atoms with Crippen molar-refractivity contribution in [1.82, 2.24) is 19.4 Å². The molecule has 2 aromatic heterocycles. The first kappa shape index (κ1) is 23.7. The first-order valence-corrected chi connectivity index (χ1v) is 12.8. The van der Waals surface area contributed by atoms with Gasteiger partial charge in [0.1, 0.15) is 11.3 Å². The van der Waals surface area contributed by atoms with E-state index in [0.717, 1.165) is 28.3 Å². The molecular weight excluding hydrogens is 464 g/mol. The number of carbonyl (C=O) groups excluding carboxylic acids is 1. The molecule has 35 heavy (non-hydrogen) atoms. The second kappa shape index (κ2) is 9.57. The molecule has 1 aromatic carbocycles. The Hall–Kier alpha value is -3.00. The highest BCUT2D eigenvalue weighted by Crippen LogP contribution is 2.38. The molecule has 3 aromatic rings. The number of nitrogens with zero attached hydrogens (tertiary/aromatic N) is 6. The lowest BCUT2D eigenvalue weighted by Gasteiger charge is -2.34. The van der Waals surface area contributed by atoms with Crippen LogP contribution >= 0.6 is 11.6 Å². The van der Waals surface area contributed by atoms with Crippen molar-refractivity contribution in [3.63, 3.8) is 0 Å². The second-order valence-corrected chi connectivity index (χ2v) is 10.4. The van der Waals surface area contributed by atoms with Crippen LogP contribution in [0.2, 0.25) is 5.02 Å². The number of piperazine rings is 1. The highest BCUT2D eigenvalue weighted by molar-refractivity contribution is 6.30. The Balaban J connectivity index is 1.57. The van der Waals surface area contributed by atoms with Gasteiger partial charge in [0.25, 0.3) is 0 Å². The molecule has 0 radical (unpaired) electrons. The normalized spacial score (nSPS) is 16.4. The van der Waals surface area contributed by atoms with Crippen LogP contribution in [0.1, 0.15) is 45.2 Å². The van der Waals surface area contributed by atoms with Crippen LogP contribution in [0.3, 0.4) is 0 Å². The van der Waals surface area contributed by atoms with Crippen LogP contribution in [0.15, 0.2) is 30.5 Å². The third-order valence-corrected chi connectivity index (χ3v) is 7.22. The Morgan fingerprint density at radius 3 is 2.43 bits per heavy atom. The minimum absolute atomic E-state index is 0.0898. The molecule has 0 spiro atoms. The molecule has 0 bridgehead atoms. The molecule has 1 saturated heterocycles. The summed E-state index contributed by atoms with van der Waals surface area (Å²) in [7, 11) is 0. The molecule has 9 heteroatoms. The average molecular weight is 497 g/mol. The van der Waals surface area contributed by atoms with E-state index in [1.54, 1.807) is 6.92 Å². The number of aromatic hydroxyl groups is 1. The number of hydrogen-bond donors (Lipinski definition) is 1. The Morgan fingerprint density at radius 2 is 1.83 bits per heavy atom. The van der Waals surface area contributed by atoms with Crippen molar-refractivity contribution in [3.8, 4) is 5.88 Å². The second-order valence-electron chi connectivity index (χ2n) is 10.0. The number of anilines is 2. The van der Waals surface area contributed by atoms with Gasteiger partial charge in [-0.25, -0.2) is 4.98 Å². The van der Waals surface area contributed by atoms with E-state index in [0.29, 0.717) is 50.1 Å². The molecule has 5 rings (SSSR count). The zero-order valence-corrected chi connectivity index (χ0v) is 21.4. The van der Waals surface area contributed by atoms with Gasteiger partial charge in [-0.3, -0.25) is 4.79 Å². The Morgan fingerprint density at radius 1 is 1.14 bits per heavy atom. The van der Waals surface area contributed by atoms with E-state index >= 15 is 0 Å². The van der Waals surface area contributed by atoms with Crippen molar-refractivity contribution < 1.29 is 9.90 Å². The van der Waals surface area contributed by atoms with Crippen molar-refractivity contribution in [3.05, 3.63) is 41.0 Å². The minimum atomic E-state index is 0.0898. The number of benzene rings is 1. The van der Waals surface area contributed by atoms with Crippen LogP contribution in [0.25, 0.3) is 10.9 Å². The van der Waals surface area contributed by atoms with E-state index in [9.17, 15) is 9.90 Å². The van der Waals surface area contributed by atoms with E-state index in [1.165, 1.54) is 12.8 Å². The molecule has 0 unspecified atom stereocenters. The zero-order chi connectivity index (χ0) is 24.7. The van der Waals surface area contributed by atoms with Gasteiger partial charge < -0.3 is 24.4 Å². The molecule has 2 aliphatic rings. The summed E-state index contributed by atoms with van der Waals surface area (Å²) in [6, 6.07) is 8.04. The van der Waals surface area contributed by atoms with E-state index in [2.05, 4.69) is 21.9 Å². The monoisotopic (exact) mass is 496 g/mol. The first-order valence-electron chi connectivity index (χ1n) is 12.4. The summed E-state index contributed by atoms with van der Waals surface area (Å²) in [6.07, 6.45) is 4.43. The number of fused-ring (bicyclic) bond motifs is 1. The number of hydrogen-bond acceptors (Lipinski definition) is 6. The lowest BCUT2D eigenvalue weighted by Crippen LogP contribution is -2.48. The van der Waals surface area contributed by atoms with E-state index in [-0.39, 0.29) is 17.8 Å². The van der Waals surface area contributed by atoms with Gasteiger partial charge in [-0.15, -0.1) is 0 Å². The van der Waals surface area contributed by atoms with Crippen molar-refractivity contribution in [2.75, 3.05) is 42.5 Å². The topological polar surface area (TPSA) is 77.7 Å². The smallest absolute Gasteiger partial charge is 0.228 e. The number of halogens is 1. The third-order valence-electron chi connectivity index (χ3n) is 6.96. The number of aromatic nitrogens is 3. The van der Waals surface area contributed by atoms with Crippen molar-refractivity contribution in [1.29, 1.82) is 0 Å². The molecule has 2 fully saturated rings. The first-order chi connectivity index (χ1) is 16.8. The molecule has 8 nitrogen and oxygen atoms in total. The Labute approximate surface area is 211 Å². The molecule has 1 aliphatic heterocycles. The maximum atomic E-state index is 11.8. The Kier molecular flexibility index (Phi) is 6.49. The molecule has 1 aliphatic carbocycles. The number of carbonyl (C=O) groups is 1. The van der Waals surface area contributed by atoms with E-state index in [1.807, 2.05) is 41.6 Å². The van der Waals surface area contributed by atoms with Gasteiger partial charge >= 0.3 is 0 Å². The largest absolute Gasteiger partial charge is 0.493 e. The summed E-state index contributed by atoms with van der Waals surface area (Å²) in [4.78, 5) is 28.0. The molecule has 186 valence electrons. The average Bonchev–Trinajstić information content (AvgIpc) is 3.60. The van der Waals surface area contributed by atoms with Gasteiger partial charge in [0.15, 0.2) is 0 Å². The highest BCUT2D eigenvalue weighted by atomic mass is 35.5. The molecule has 3 heterocycles. The van der Waals surface area contributed by atoms with Crippen LogP contribution in [0, 0.1) is 5.92 Å². The van der Waals surface area contributed by atoms with Gasteiger partial charge in [-0.05, 0) is 50.3 Å². The van der Waals surface area contributed by atoms with Crippen molar-refractivity contribution in [2.45, 2.75) is 46.2 Å². The molecular formula is C26H33ClN6O2. The van der Waals surface area contributed by atoms with E-state index < -0.39 is 0 Å². The predicted molar refractivity (Wildman–Crippen MR) is 139 cm³/mol. The maximum absolute atomic E-state index is 11.8. The van der Waals surface area contributed by atoms with E-state index in [4.69, 9.17) is 21.6 Å². The summed E-state index contributed by atoms with van der Waals surface area (Å²) >= 11 is 6.13. The number of amides is 1. The van der Waals surface area contributed by atoms with Gasteiger partial charge in [0.2, 0.25) is 17.7 Å². The fraction of sp³-hybridized carbons (Fsp3) is 0.500. The third kappa shape index (κ3) is 5.03. The molecule has 1 saturated carbocycles. The molecule has 1 amide bonds. The number of rotatable bonds is 7. The van der Waals surface area contributed by atoms with Crippen LogP contribution in [-0.4, -0.2) is 63.2 Å². The predicted octanol–water partition coefficient (Wildman–Crippen LogP) is 4.46. The van der Waals surface area contributed by atoms with Crippen LogP contribution in [0.4, 0.5) is 11.8 Å². The van der Waals surface area contributed by atoms with Gasteiger partial charge in [-0.2, -0.15) is 4.98 Å². The SMILES string of the molecule is CC(=O)N1CCN(c2nc(N(Cc3ccc(Cl)cc3)CC3CC3)c3cn(C(C)C)c(O)c3n2)CC1. The van der Waals surface area contributed by atoms with Crippen molar-refractivity contribution >= 4 is 40.2 Å². The summed E-state index contributed by atoms with van der Waals surface area (Å²) in [5.74, 6) is 2.35. The van der Waals surface area contributed by atoms with Gasteiger partial charge in [0, 0.05) is 63.5 Å². The standard InChI is InChI=1S/C26H33ClN6O2/c1-17(2)33-16-22-23(25(33)35)28-26(31-12-10-30(11-13-31)18(3)34)29-24(22)32(14-19-4-5-19)15-20-6-8-21(27)9-7-20/h6-9,16-17,19,35H,4-5,10-15H2,1-3H3. The maximum Gasteiger partial charge on any atom is 0.228 e. The summed E-state index contributed by atoms with van der Waals surface area (Å²) in [6.45, 7) is 9.90. The lowest BCUT2D eigenvalue weighted by atomic mass is 10.2. The zero-order valence-electron chi connectivity index (χ0n) is 20.6. The van der Waals surface area contributed by atoms with Crippen LogP contribution in [0.5, 0.6) is 5.88 Å². The Bertz CT molecular complexity index is 1210. The fourth-order valence-electron chi connectivity index (χ4n) is 4.70. The minimum Gasteiger partial charge on any atom is -0.493 e. The summed E-state index contributed by atoms with van der Waals surface area (Å²) in [5, 5.41) is 12.7. The molecule has 1 N–H and O–H groups in total. The fourth-order valence-corrected chi connectivity index (χ4v) is 4.83. The molecule has 0 atom stereocenters. The summed E-state index contributed by atoms with van der Waals surface area (Å²) < 4.78 is 1.86. The summed E-state index contributed by atoms with van der Waals surface area (Å²) in [5.41, 5.74) is 1.73. The quantitative estimate of drug-likeness (QED) is 0.520. The highest BCUT2D eigenvalue weighted by Gasteiger charge is 2.29. The van der Waals surface area contributed by atoms with Gasteiger partial charge in [0.05, 0.1) is 5.39 Å². The van der Waals surface area contributed by atoms with Crippen molar-refractivity contribution in [2.24, 2.45) is 5.92 Å². The van der Waals surface area contributed by atoms with Gasteiger partial charge in [-0.1, -0.05) is 23.7 Å². The lowest BCUT2D eigenvalue weighted by molar-refractivity contribution is -0.129.